The molecule has 1 aromatic carbocycles. The first kappa shape index (κ1) is 17.2. The molecule has 132 valence electrons. The molecule has 2 atom stereocenters. The second-order valence-electron chi connectivity index (χ2n) is 6.62. The van der Waals surface area contributed by atoms with E-state index in [0.717, 1.165) is 38.0 Å². The molecule has 2 aliphatic rings. The number of sulfonamides is 1. The van der Waals surface area contributed by atoms with Crippen molar-refractivity contribution in [3.63, 3.8) is 0 Å². The van der Waals surface area contributed by atoms with E-state index in [4.69, 9.17) is 10.9 Å². The van der Waals surface area contributed by atoms with Gasteiger partial charge in [-0.2, -0.15) is 0 Å². The quantitative estimate of drug-likeness (QED) is 0.802. The lowest BCUT2D eigenvalue weighted by Crippen LogP contribution is -2.50. The number of carbonyl (C=O) groups is 1. The van der Waals surface area contributed by atoms with Gasteiger partial charge in [-0.15, -0.1) is 0 Å². The lowest BCUT2D eigenvalue weighted by Gasteiger charge is -2.37. The van der Waals surface area contributed by atoms with E-state index in [1.54, 1.807) is 12.1 Å². The number of primary sulfonamides is 1. The number of nitrogens with two attached hydrogens (primary N) is 2. The van der Waals surface area contributed by atoms with Crippen LogP contribution in [0.3, 0.4) is 0 Å². The predicted molar refractivity (Wildman–Crippen MR) is 91.9 cm³/mol. The van der Waals surface area contributed by atoms with Gasteiger partial charge in [-0.05, 0) is 43.5 Å². The molecule has 0 radical (unpaired) electrons. The third kappa shape index (κ3) is 3.71. The highest BCUT2D eigenvalue weighted by atomic mass is 32.2. The zero-order valence-corrected chi connectivity index (χ0v) is 14.4. The Morgan fingerprint density at radius 2 is 1.67 bits per heavy atom. The van der Waals surface area contributed by atoms with Crippen molar-refractivity contribution in [2.24, 2.45) is 16.8 Å². The second kappa shape index (κ2) is 6.70. The predicted octanol–water partition coefficient (Wildman–Crippen LogP) is 0.110. The minimum atomic E-state index is -3.67. The van der Waals surface area contributed by atoms with E-state index in [9.17, 15) is 13.2 Å². The molecular weight excluding hydrogens is 328 g/mol. The van der Waals surface area contributed by atoms with Gasteiger partial charge in [0.05, 0.1) is 4.90 Å². The van der Waals surface area contributed by atoms with Crippen molar-refractivity contribution < 1.29 is 13.2 Å². The Morgan fingerprint density at radius 1 is 1.04 bits per heavy atom. The van der Waals surface area contributed by atoms with Crippen molar-refractivity contribution in [1.29, 1.82) is 0 Å². The Balaban J connectivity index is 1.58. The Labute approximate surface area is 142 Å². The number of anilines is 1. The van der Waals surface area contributed by atoms with Crippen LogP contribution in [-0.4, -0.2) is 51.4 Å². The van der Waals surface area contributed by atoms with Crippen LogP contribution in [0.2, 0.25) is 0 Å². The second-order valence-corrected chi connectivity index (χ2v) is 8.18. The van der Waals surface area contributed by atoms with Crippen LogP contribution in [-0.2, 0) is 14.8 Å². The topological polar surface area (TPSA) is 110 Å². The fourth-order valence-electron chi connectivity index (χ4n) is 3.53. The Kier molecular flexibility index (Phi) is 4.80. The zero-order chi connectivity index (χ0) is 17.3. The summed E-state index contributed by atoms with van der Waals surface area (Å²) in [7, 11) is -3.67. The van der Waals surface area contributed by atoms with E-state index >= 15 is 0 Å². The van der Waals surface area contributed by atoms with E-state index in [1.165, 1.54) is 12.1 Å². The molecule has 1 saturated carbocycles. The Morgan fingerprint density at radius 3 is 2.17 bits per heavy atom. The average Bonchev–Trinajstić information content (AvgIpc) is 3.00. The zero-order valence-electron chi connectivity index (χ0n) is 13.6. The maximum atomic E-state index is 12.5. The van der Waals surface area contributed by atoms with Crippen molar-refractivity contribution in [3.05, 3.63) is 24.3 Å². The van der Waals surface area contributed by atoms with Gasteiger partial charge in [-0.3, -0.25) is 4.79 Å². The first-order valence-corrected chi connectivity index (χ1v) is 9.81. The summed E-state index contributed by atoms with van der Waals surface area (Å²) in [6.07, 6.45) is 2.64. The van der Waals surface area contributed by atoms with Gasteiger partial charge in [0.2, 0.25) is 15.9 Å². The molecule has 1 heterocycles. The summed E-state index contributed by atoms with van der Waals surface area (Å²) in [4.78, 5) is 16.7. The van der Waals surface area contributed by atoms with Crippen molar-refractivity contribution in [2.75, 3.05) is 31.1 Å². The van der Waals surface area contributed by atoms with Gasteiger partial charge < -0.3 is 15.5 Å². The number of carbonyl (C=O) groups excluding carboxylic acids is 1. The fourth-order valence-corrected chi connectivity index (χ4v) is 4.05. The molecule has 2 fully saturated rings. The van der Waals surface area contributed by atoms with Crippen LogP contribution in [0.15, 0.2) is 29.2 Å². The number of nitrogens with zero attached hydrogens (tertiary/aromatic N) is 2. The molecule has 2 unspecified atom stereocenters. The van der Waals surface area contributed by atoms with Gasteiger partial charge >= 0.3 is 0 Å². The molecule has 0 spiro atoms. The number of rotatable bonds is 3. The highest BCUT2D eigenvalue weighted by Crippen LogP contribution is 2.27. The van der Waals surface area contributed by atoms with Gasteiger partial charge in [0.15, 0.2) is 0 Å². The van der Waals surface area contributed by atoms with Crippen molar-refractivity contribution >= 4 is 21.6 Å². The molecule has 24 heavy (non-hydrogen) atoms. The molecule has 0 aromatic heterocycles. The lowest BCUT2D eigenvalue weighted by molar-refractivity contribution is -0.135. The summed E-state index contributed by atoms with van der Waals surface area (Å²) in [6.45, 7) is 2.83. The van der Waals surface area contributed by atoms with Crippen LogP contribution in [0.5, 0.6) is 0 Å². The van der Waals surface area contributed by atoms with Gasteiger partial charge in [-0.25, -0.2) is 13.6 Å². The minimum Gasteiger partial charge on any atom is -0.368 e. The summed E-state index contributed by atoms with van der Waals surface area (Å²) < 4.78 is 22.6. The number of hydrogen-bond acceptors (Lipinski definition) is 5. The highest BCUT2D eigenvalue weighted by Gasteiger charge is 2.32. The number of hydrogen-bond donors (Lipinski definition) is 2. The molecule has 1 aliphatic carbocycles. The van der Waals surface area contributed by atoms with E-state index < -0.39 is 10.0 Å². The van der Waals surface area contributed by atoms with Gasteiger partial charge in [-0.1, -0.05) is 0 Å². The van der Waals surface area contributed by atoms with E-state index in [-0.39, 0.29) is 22.8 Å². The highest BCUT2D eigenvalue weighted by molar-refractivity contribution is 7.89. The van der Waals surface area contributed by atoms with Crippen LogP contribution in [0.4, 0.5) is 5.69 Å². The summed E-state index contributed by atoms with van der Waals surface area (Å²) in [5.74, 6) is 0.313. The number of amides is 1. The van der Waals surface area contributed by atoms with Crippen molar-refractivity contribution in [3.8, 4) is 0 Å². The largest absolute Gasteiger partial charge is 0.368 e. The molecule has 4 N–H and O–H groups in total. The summed E-state index contributed by atoms with van der Waals surface area (Å²) in [5.41, 5.74) is 6.84. The van der Waals surface area contributed by atoms with Crippen LogP contribution >= 0.6 is 0 Å². The molecule has 7 nitrogen and oxygen atoms in total. The molecule has 8 heteroatoms. The fraction of sp³-hybridized carbons (Fsp3) is 0.562. The number of piperazine rings is 1. The van der Waals surface area contributed by atoms with Crippen LogP contribution < -0.4 is 15.8 Å². The Bertz CT molecular complexity index is 697. The summed E-state index contributed by atoms with van der Waals surface area (Å²) >= 11 is 0. The van der Waals surface area contributed by atoms with Crippen molar-refractivity contribution in [2.45, 2.75) is 30.2 Å². The van der Waals surface area contributed by atoms with E-state index in [0.29, 0.717) is 13.1 Å². The van der Waals surface area contributed by atoms with Gasteiger partial charge in [0, 0.05) is 43.8 Å². The third-order valence-electron chi connectivity index (χ3n) is 4.94. The van der Waals surface area contributed by atoms with E-state index in [2.05, 4.69) is 4.90 Å². The third-order valence-corrected chi connectivity index (χ3v) is 5.87. The molecule has 1 amide bonds. The smallest absolute Gasteiger partial charge is 0.238 e. The SMILES string of the molecule is NC1CCC(C(=O)N2CCN(c3ccc(S(N)(=O)=O)cc3)CC2)C1. The minimum absolute atomic E-state index is 0.0839. The maximum Gasteiger partial charge on any atom is 0.238 e. The van der Waals surface area contributed by atoms with Crippen LogP contribution in [0, 0.1) is 5.92 Å². The molecule has 3 rings (SSSR count). The summed E-state index contributed by atoms with van der Waals surface area (Å²) in [6, 6.07) is 6.71. The first-order valence-electron chi connectivity index (χ1n) is 8.27. The van der Waals surface area contributed by atoms with E-state index in [1.807, 2.05) is 4.90 Å². The number of benzene rings is 1. The first-order chi connectivity index (χ1) is 11.3. The summed E-state index contributed by atoms with van der Waals surface area (Å²) in [5, 5.41) is 5.11. The molecule has 1 saturated heterocycles. The molecule has 1 aliphatic heterocycles. The maximum absolute atomic E-state index is 12.5. The molecular formula is C16H24N4O3S. The molecule has 1 aromatic rings. The standard InChI is InChI=1S/C16H24N4O3S/c17-13-2-1-12(11-13)16(21)20-9-7-19(8-10-20)14-3-5-15(6-4-14)24(18,22)23/h3-6,12-13H,1-2,7-11,17H2,(H2,18,22,23). The van der Waals surface area contributed by atoms with Crippen molar-refractivity contribution in [1.82, 2.24) is 4.90 Å². The Hall–Kier alpha value is -1.64. The van der Waals surface area contributed by atoms with Gasteiger partial charge in [0.1, 0.15) is 0 Å². The van der Waals surface area contributed by atoms with Crippen LogP contribution in [0.25, 0.3) is 0 Å². The molecule has 0 bridgehead atoms. The normalized spacial score (nSPS) is 25.1. The average molecular weight is 352 g/mol. The van der Waals surface area contributed by atoms with Crippen LogP contribution in [0.1, 0.15) is 19.3 Å². The monoisotopic (exact) mass is 352 g/mol. The van der Waals surface area contributed by atoms with Gasteiger partial charge in [0.25, 0.3) is 0 Å². The lowest BCUT2D eigenvalue weighted by atomic mass is 10.1.